The maximum atomic E-state index is 12.5. The van der Waals surface area contributed by atoms with Gasteiger partial charge in [-0.15, -0.1) is 0 Å². The van der Waals surface area contributed by atoms with Crippen LogP contribution in [-0.2, 0) is 29.9 Å². The standard InChI is InChI=1S/C22H23NO8S/c1-5-30-20(25)14-6-8-16(23-11-14)18(12(2)24)13-7-9-17-15(10-13)22(3,4)19(21(26)31-17)32(27,28)29/h6-11,18-19H,5H2,1-4H3,(H,27,28,29). The van der Waals surface area contributed by atoms with Gasteiger partial charge in [0.15, 0.2) is 5.25 Å². The molecule has 9 nitrogen and oxygen atoms in total. The van der Waals surface area contributed by atoms with Crippen LogP contribution >= 0.6 is 0 Å². The van der Waals surface area contributed by atoms with E-state index in [1.165, 1.54) is 39.1 Å². The summed E-state index contributed by atoms with van der Waals surface area (Å²) in [5.41, 5.74) is 0.144. The molecule has 1 aliphatic heterocycles. The van der Waals surface area contributed by atoms with Crippen molar-refractivity contribution in [1.29, 1.82) is 0 Å². The Hall–Kier alpha value is -3.11. The number of fused-ring (bicyclic) bond motifs is 1. The van der Waals surface area contributed by atoms with Gasteiger partial charge in [-0.2, -0.15) is 8.42 Å². The molecule has 1 N–H and O–H groups in total. The second kappa shape index (κ2) is 8.44. The highest BCUT2D eigenvalue weighted by atomic mass is 32.2. The maximum Gasteiger partial charge on any atom is 0.339 e. The minimum atomic E-state index is -4.74. The van der Waals surface area contributed by atoms with Gasteiger partial charge in [-0.25, -0.2) is 4.79 Å². The maximum absolute atomic E-state index is 12.5. The van der Waals surface area contributed by atoms with Crippen molar-refractivity contribution >= 4 is 27.8 Å². The molecule has 0 bridgehead atoms. The summed E-state index contributed by atoms with van der Waals surface area (Å²) in [6.07, 6.45) is 1.32. The van der Waals surface area contributed by atoms with Crippen LogP contribution in [0.25, 0.3) is 0 Å². The monoisotopic (exact) mass is 461 g/mol. The van der Waals surface area contributed by atoms with E-state index in [0.717, 1.165) is 0 Å². The fourth-order valence-corrected chi connectivity index (χ4v) is 5.10. The molecule has 2 atom stereocenters. The Balaban J connectivity index is 2.07. The molecule has 2 heterocycles. The van der Waals surface area contributed by atoms with Gasteiger partial charge in [-0.05, 0) is 37.6 Å². The van der Waals surface area contributed by atoms with Gasteiger partial charge >= 0.3 is 11.9 Å². The number of hydrogen-bond acceptors (Lipinski definition) is 8. The van der Waals surface area contributed by atoms with Crippen molar-refractivity contribution in [3.63, 3.8) is 0 Å². The zero-order chi connectivity index (χ0) is 23.8. The number of benzene rings is 1. The van der Waals surface area contributed by atoms with Crippen LogP contribution < -0.4 is 4.74 Å². The Morgan fingerprint density at radius 2 is 1.94 bits per heavy atom. The van der Waals surface area contributed by atoms with Crippen LogP contribution in [-0.4, -0.2) is 47.5 Å². The molecule has 0 aliphatic carbocycles. The van der Waals surface area contributed by atoms with Crippen molar-refractivity contribution in [3.05, 3.63) is 58.9 Å². The number of Topliss-reactive ketones (excluding diaryl/α,β-unsaturated/α-hetero) is 1. The van der Waals surface area contributed by atoms with Crippen LogP contribution in [0.5, 0.6) is 5.75 Å². The molecular weight excluding hydrogens is 438 g/mol. The molecule has 170 valence electrons. The van der Waals surface area contributed by atoms with Crippen molar-refractivity contribution in [1.82, 2.24) is 4.98 Å². The lowest BCUT2D eigenvalue weighted by atomic mass is 9.77. The average molecular weight is 461 g/mol. The molecule has 1 aromatic heterocycles. The summed E-state index contributed by atoms with van der Waals surface area (Å²) < 4.78 is 43.4. The van der Waals surface area contributed by atoms with Crippen LogP contribution in [0.1, 0.15) is 60.8 Å². The Morgan fingerprint density at radius 3 is 2.47 bits per heavy atom. The van der Waals surface area contributed by atoms with E-state index in [1.807, 2.05) is 0 Å². The highest BCUT2D eigenvalue weighted by Gasteiger charge is 2.51. The molecule has 2 unspecified atom stereocenters. The number of aromatic nitrogens is 1. The first kappa shape index (κ1) is 23.6. The van der Waals surface area contributed by atoms with Crippen molar-refractivity contribution in [3.8, 4) is 5.75 Å². The highest BCUT2D eigenvalue weighted by Crippen LogP contribution is 2.43. The summed E-state index contributed by atoms with van der Waals surface area (Å²) in [5, 5.41) is -1.81. The lowest BCUT2D eigenvalue weighted by Gasteiger charge is -2.36. The van der Waals surface area contributed by atoms with Crippen LogP contribution in [0.2, 0.25) is 0 Å². The number of carbonyl (C=O) groups excluding carboxylic acids is 3. The first-order valence-corrected chi connectivity index (χ1v) is 11.3. The van der Waals surface area contributed by atoms with Gasteiger partial charge in [0, 0.05) is 17.2 Å². The molecule has 0 saturated heterocycles. The summed E-state index contributed by atoms with van der Waals surface area (Å²) in [7, 11) is -4.74. The molecule has 0 amide bonds. The molecule has 32 heavy (non-hydrogen) atoms. The van der Waals surface area contributed by atoms with Gasteiger partial charge in [-0.1, -0.05) is 26.0 Å². The predicted molar refractivity (Wildman–Crippen MR) is 113 cm³/mol. The zero-order valence-corrected chi connectivity index (χ0v) is 18.8. The van der Waals surface area contributed by atoms with E-state index in [0.29, 0.717) is 16.8 Å². The smallest absolute Gasteiger partial charge is 0.339 e. The number of ketones is 1. The number of rotatable bonds is 6. The third kappa shape index (κ3) is 4.28. The number of carbonyl (C=O) groups is 3. The molecule has 0 fully saturated rings. The van der Waals surface area contributed by atoms with Gasteiger partial charge in [0.25, 0.3) is 10.1 Å². The number of hydrogen-bond donors (Lipinski definition) is 1. The Kier molecular flexibility index (Phi) is 6.21. The van der Waals surface area contributed by atoms with Gasteiger partial charge in [0.05, 0.1) is 23.8 Å². The third-order valence-corrected chi connectivity index (χ3v) is 6.79. The average Bonchev–Trinajstić information content (AvgIpc) is 2.67. The Bertz CT molecular complexity index is 1180. The lowest BCUT2D eigenvalue weighted by Crippen LogP contribution is -2.50. The molecule has 1 aromatic carbocycles. The summed E-state index contributed by atoms with van der Waals surface area (Å²) in [4.78, 5) is 40.9. The van der Waals surface area contributed by atoms with Gasteiger partial charge in [0.1, 0.15) is 11.5 Å². The molecule has 0 saturated carbocycles. The quantitative estimate of drug-likeness (QED) is 0.390. The molecule has 10 heteroatoms. The fraction of sp³-hybridized carbons (Fsp3) is 0.364. The third-order valence-electron chi connectivity index (χ3n) is 5.41. The van der Waals surface area contributed by atoms with E-state index < -0.39 is 38.6 Å². The van der Waals surface area contributed by atoms with Crippen LogP contribution in [0.15, 0.2) is 36.5 Å². The molecule has 1 aliphatic rings. The van der Waals surface area contributed by atoms with E-state index in [2.05, 4.69) is 4.98 Å². The van der Waals surface area contributed by atoms with Gasteiger partial charge in [0.2, 0.25) is 0 Å². The van der Waals surface area contributed by atoms with Crippen LogP contribution in [0, 0.1) is 0 Å². The Labute approximate surface area is 185 Å². The van der Waals surface area contributed by atoms with E-state index in [-0.39, 0.29) is 23.7 Å². The number of nitrogens with zero attached hydrogens (tertiary/aromatic N) is 1. The first-order chi connectivity index (χ1) is 14.9. The second-order valence-corrected chi connectivity index (χ2v) is 9.53. The molecule has 0 spiro atoms. The largest absolute Gasteiger partial charge is 0.462 e. The highest BCUT2D eigenvalue weighted by molar-refractivity contribution is 7.87. The summed E-state index contributed by atoms with van der Waals surface area (Å²) in [6, 6.07) is 7.70. The SMILES string of the molecule is CCOC(=O)c1ccc(C(C(C)=O)c2ccc3c(c2)C(C)(C)C(S(=O)(=O)O)C(=O)O3)nc1. The molecule has 0 radical (unpaired) electrons. The topological polar surface area (TPSA) is 137 Å². The van der Waals surface area contributed by atoms with Crippen LogP contribution in [0.4, 0.5) is 0 Å². The second-order valence-electron chi connectivity index (χ2n) is 8.03. The summed E-state index contributed by atoms with van der Waals surface area (Å²) >= 11 is 0. The molecule has 2 aromatic rings. The zero-order valence-electron chi connectivity index (χ0n) is 18.0. The van der Waals surface area contributed by atoms with E-state index >= 15 is 0 Å². The fourth-order valence-electron chi connectivity index (χ4n) is 3.94. The van der Waals surface area contributed by atoms with E-state index in [4.69, 9.17) is 9.47 Å². The summed E-state index contributed by atoms with van der Waals surface area (Å²) in [5.74, 6) is -2.50. The number of esters is 2. The minimum Gasteiger partial charge on any atom is -0.462 e. The Morgan fingerprint density at radius 1 is 1.25 bits per heavy atom. The lowest BCUT2D eigenvalue weighted by molar-refractivity contribution is -0.136. The first-order valence-electron chi connectivity index (χ1n) is 9.83. The van der Waals surface area contributed by atoms with Crippen molar-refractivity contribution in [2.24, 2.45) is 0 Å². The minimum absolute atomic E-state index is 0.150. The normalized spacial score (nSPS) is 18.3. The summed E-state index contributed by atoms with van der Waals surface area (Å²) in [6.45, 7) is 6.30. The van der Waals surface area contributed by atoms with Crippen molar-refractivity contribution in [2.45, 2.75) is 44.3 Å². The van der Waals surface area contributed by atoms with Gasteiger partial charge in [-0.3, -0.25) is 19.1 Å². The van der Waals surface area contributed by atoms with E-state index in [9.17, 15) is 27.4 Å². The van der Waals surface area contributed by atoms with E-state index in [1.54, 1.807) is 25.1 Å². The predicted octanol–water partition coefficient (Wildman–Crippen LogP) is 2.43. The van der Waals surface area contributed by atoms with Crippen LogP contribution in [0.3, 0.4) is 0 Å². The molecule has 3 rings (SSSR count). The van der Waals surface area contributed by atoms with Crippen molar-refractivity contribution < 1.29 is 36.8 Å². The van der Waals surface area contributed by atoms with Gasteiger partial charge < -0.3 is 9.47 Å². The molecular formula is C22H23NO8S. The number of pyridine rings is 1. The van der Waals surface area contributed by atoms with Crippen molar-refractivity contribution in [2.75, 3.05) is 6.61 Å². The number of ether oxygens (including phenoxy) is 2.